The van der Waals surface area contributed by atoms with Crippen molar-refractivity contribution in [2.45, 2.75) is 26.7 Å². The zero-order chi connectivity index (χ0) is 10.4. The van der Waals surface area contributed by atoms with E-state index < -0.39 is 0 Å². The minimum Gasteiger partial charge on any atom is -0.399 e. The van der Waals surface area contributed by atoms with Crippen LogP contribution in [0.3, 0.4) is 0 Å². The van der Waals surface area contributed by atoms with Crippen LogP contribution in [0.25, 0.3) is 0 Å². The SMILES string of the molecule is CCCc1ccc(C(C)=NOC)cc1. The van der Waals surface area contributed by atoms with E-state index in [4.69, 9.17) is 4.84 Å². The molecule has 2 nitrogen and oxygen atoms in total. The highest BCUT2D eigenvalue weighted by Gasteiger charge is 1.97. The molecular formula is C12H17NO. The fraction of sp³-hybridized carbons (Fsp3) is 0.417. The normalized spacial score (nSPS) is 11.5. The largest absolute Gasteiger partial charge is 0.399 e. The van der Waals surface area contributed by atoms with Gasteiger partial charge in [0, 0.05) is 0 Å². The molecule has 0 aliphatic heterocycles. The molecule has 0 aliphatic carbocycles. The van der Waals surface area contributed by atoms with Gasteiger partial charge in [0.2, 0.25) is 0 Å². The van der Waals surface area contributed by atoms with E-state index in [1.54, 1.807) is 7.11 Å². The first-order valence-corrected chi connectivity index (χ1v) is 4.95. The Hall–Kier alpha value is -1.31. The number of rotatable bonds is 4. The number of oxime groups is 1. The molecule has 1 aromatic carbocycles. The molecule has 76 valence electrons. The topological polar surface area (TPSA) is 21.6 Å². The van der Waals surface area contributed by atoms with Gasteiger partial charge in [-0.2, -0.15) is 0 Å². The van der Waals surface area contributed by atoms with Crippen LogP contribution in [-0.2, 0) is 11.3 Å². The molecule has 0 saturated heterocycles. The Morgan fingerprint density at radius 2 is 1.93 bits per heavy atom. The van der Waals surface area contributed by atoms with Gasteiger partial charge in [0.05, 0.1) is 5.71 Å². The van der Waals surface area contributed by atoms with Crippen LogP contribution in [0.5, 0.6) is 0 Å². The number of hydrogen-bond acceptors (Lipinski definition) is 2. The summed E-state index contributed by atoms with van der Waals surface area (Å²) < 4.78 is 0. The fourth-order valence-electron chi connectivity index (χ4n) is 1.39. The molecule has 1 aromatic rings. The van der Waals surface area contributed by atoms with E-state index in [0.29, 0.717) is 0 Å². The Bertz CT molecular complexity index is 301. The molecule has 0 saturated carbocycles. The van der Waals surface area contributed by atoms with Gasteiger partial charge in [0.1, 0.15) is 7.11 Å². The summed E-state index contributed by atoms with van der Waals surface area (Å²) in [6.07, 6.45) is 2.32. The van der Waals surface area contributed by atoms with Crippen LogP contribution in [0.2, 0.25) is 0 Å². The van der Waals surface area contributed by atoms with Gasteiger partial charge < -0.3 is 4.84 Å². The average molecular weight is 191 g/mol. The van der Waals surface area contributed by atoms with Gasteiger partial charge in [-0.25, -0.2) is 0 Å². The molecule has 0 aromatic heterocycles. The van der Waals surface area contributed by atoms with Crippen LogP contribution in [0.1, 0.15) is 31.4 Å². The summed E-state index contributed by atoms with van der Waals surface area (Å²) in [4.78, 5) is 4.72. The minimum absolute atomic E-state index is 0.913. The number of benzene rings is 1. The predicted molar refractivity (Wildman–Crippen MR) is 59.7 cm³/mol. The second-order valence-electron chi connectivity index (χ2n) is 3.31. The van der Waals surface area contributed by atoms with E-state index in [-0.39, 0.29) is 0 Å². The summed E-state index contributed by atoms with van der Waals surface area (Å²) in [7, 11) is 1.56. The molecule has 0 spiro atoms. The zero-order valence-electron chi connectivity index (χ0n) is 9.08. The van der Waals surface area contributed by atoms with Crippen LogP contribution in [-0.4, -0.2) is 12.8 Å². The van der Waals surface area contributed by atoms with E-state index >= 15 is 0 Å². The molecule has 0 heterocycles. The fourth-order valence-corrected chi connectivity index (χ4v) is 1.39. The lowest BCUT2D eigenvalue weighted by Crippen LogP contribution is -1.95. The van der Waals surface area contributed by atoms with Crippen LogP contribution in [0.15, 0.2) is 29.4 Å². The van der Waals surface area contributed by atoms with Crippen molar-refractivity contribution in [1.29, 1.82) is 0 Å². The van der Waals surface area contributed by atoms with Crippen molar-refractivity contribution in [3.8, 4) is 0 Å². The molecule has 0 atom stereocenters. The Labute approximate surface area is 85.6 Å². The monoisotopic (exact) mass is 191 g/mol. The van der Waals surface area contributed by atoms with Gasteiger partial charge in [0.15, 0.2) is 0 Å². The highest BCUT2D eigenvalue weighted by molar-refractivity contribution is 5.98. The number of aryl methyl sites for hydroxylation is 1. The number of nitrogens with zero attached hydrogens (tertiary/aromatic N) is 1. The molecule has 0 unspecified atom stereocenters. The molecular weight excluding hydrogens is 174 g/mol. The first-order chi connectivity index (χ1) is 6.77. The third-order valence-corrected chi connectivity index (χ3v) is 2.14. The molecule has 0 fully saturated rings. The van der Waals surface area contributed by atoms with Crippen molar-refractivity contribution < 1.29 is 4.84 Å². The summed E-state index contributed by atoms with van der Waals surface area (Å²) >= 11 is 0. The van der Waals surface area contributed by atoms with E-state index in [1.807, 2.05) is 6.92 Å². The van der Waals surface area contributed by atoms with Crippen molar-refractivity contribution in [3.63, 3.8) is 0 Å². The third kappa shape index (κ3) is 2.87. The zero-order valence-corrected chi connectivity index (χ0v) is 9.08. The van der Waals surface area contributed by atoms with Crippen LogP contribution in [0.4, 0.5) is 0 Å². The summed E-state index contributed by atoms with van der Waals surface area (Å²) in [5.74, 6) is 0. The predicted octanol–water partition coefficient (Wildman–Crippen LogP) is 3.01. The van der Waals surface area contributed by atoms with Gasteiger partial charge in [-0.15, -0.1) is 0 Å². The Morgan fingerprint density at radius 1 is 1.29 bits per heavy atom. The smallest absolute Gasteiger partial charge is 0.106 e. The highest BCUT2D eigenvalue weighted by Crippen LogP contribution is 2.07. The van der Waals surface area contributed by atoms with Gasteiger partial charge in [0.25, 0.3) is 0 Å². The molecule has 0 radical (unpaired) electrons. The van der Waals surface area contributed by atoms with Gasteiger partial charge in [-0.05, 0) is 24.5 Å². The molecule has 0 bridgehead atoms. The highest BCUT2D eigenvalue weighted by atomic mass is 16.6. The molecule has 0 N–H and O–H groups in total. The second-order valence-corrected chi connectivity index (χ2v) is 3.31. The maximum atomic E-state index is 4.72. The van der Waals surface area contributed by atoms with Crippen LogP contribution < -0.4 is 0 Å². The first kappa shape index (κ1) is 10.8. The van der Waals surface area contributed by atoms with E-state index in [9.17, 15) is 0 Å². The maximum Gasteiger partial charge on any atom is 0.106 e. The number of hydrogen-bond donors (Lipinski definition) is 0. The van der Waals surface area contributed by atoms with Crippen molar-refractivity contribution in [2.75, 3.05) is 7.11 Å². The first-order valence-electron chi connectivity index (χ1n) is 4.95. The second kappa shape index (κ2) is 5.43. The van der Waals surface area contributed by atoms with E-state index in [1.165, 1.54) is 12.0 Å². The third-order valence-electron chi connectivity index (χ3n) is 2.14. The van der Waals surface area contributed by atoms with Crippen molar-refractivity contribution in [1.82, 2.24) is 0 Å². The molecule has 14 heavy (non-hydrogen) atoms. The van der Waals surface area contributed by atoms with Crippen molar-refractivity contribution in [3.05, 3.63) is 35.4 Å². The molecule has 2 heteroatoms. The standard InChI is InChI=1S/C12H17NO/c1-4-5-11-6-8-12(9-7-11)10(2)13-14-3/h6-9H,4-5H2,1-3H3. The van der Waals surface area contributed by atoms with E-state index in [0.717, 1.165) is 17.7 Å². The summed E-state index contributed by atoms with van der Waals surface area (Å²) in [5.41, 5.74) is 3.41. The van der Waals surface area contributed by atoms with Crippen molar-refractivity contribution >= 4 is 5.71 Å². The quantitative estimate of drug-likeness (QED) is 0.529. The molecule has 1 rings (SSSR count). The van der Waals surface area contributed by atoms with Crippen LogP contribution >= 0.6 is 0 Å². The lowest BCUT2D eigenvalue weighted by atomic mass is 10.1. The van der Waals surface area contributed by atoms with Gasteiger partial charge in [-0.3, -0.25) is 0 Å². The van der Waals surface area contributed by atoms with Gasteiger partial charge >= 0.3 is 0 Å². The average Bonchev–Trinajstić information content (AvgIpc) is 2.20. The lowest BCUT2D eigenvalue weighted by molar-refractivity contribution is 0.213. The Morgan fingerprint density at radius 3 is 2.43 bits per heavy atom. The maximum absolute atomic E-state index is 4.72. The van der Waals surface area contributed by atoms with Crippen molar-refractivity contribution in [2.24, 2.45) is 5.16 Å². The van der Waals surface area contributed by atoms with E-state index in [2.05, 4.69) is 36.3 Å². The lowest BCUT2D eigenvalue weighted by Gasteiger charge is -2.02. The summed E-state index contributed by atoms with van der Waals surface area (Å²) in [6, 6.07) is 8.46. The molecule has 0 aliphatic rings. The molecule has 0 amide bonds. The van der Waals surface area contributed by atoms with Gasteiger partial charge in [-0.1, -0.05) is 42.8 Å². The van der Waals surface area contributed by atoms with Crippen LogP contribution in [0, 0.1) is 0 Å². The Balaban J connectivity index is 2.77. The Kier molecular flexibility index (Phi) is 4.17. The summed E-state index contributed by atoms with van der Waals surface area (Å²) in [6.45, 7) is 4.13. The minimum atomic E-state index is 0.913. The summed E-state index contributed by atoms with van der Waals surface area (Å²) in [5, 5.41) is 3.89.